The molecule has 3 heterocycles. The zero-order chi connectivity index (χ0) is 14.0. The Balaban J connectivity index is 1.53. The molecule has 5 heteroatoms. The third-order valence-electron chi connectivity index (χ3n) is 4.52. The fraction of sp³-hybridized carbons (Fsp3) is 0.600. The van der Waals surface area contributed by atoms with Gasteiger partial charge in [0.1, 0.15) is 5.82 Å². The van der Waals surface area contributed by atoms with Gasteiger partial charge >= 0.3 is 0 Å². The van der Waals surface area contributed by atoms with Gasteiger partial charge in [0.25, 0.3) is 0 Å². The van der Waals surface area contributed by atoms with Crippen LogP contribution in [0.3, 0.4) is 0 Å². The number of rotatable bonds is 3. The van der Waals surface area contributed by atoms with Crippen molar-refractivity contribution in [2.24, 2.45) is 0 Å². The number of hydrogen-bond acceptors (Lipinski definition) is 4. The highest BCUT2D eigenvalue weighted by molar-refractivity contribution is 5.93. The number of hydrogen-bond donors (Lipinski definition) is 1. The number of aromatic nitrogens is 1. The maximum atomic E-state index is 12.2. The lowest BCUT2D eigenvalue weighted by atomic mass is 9.84. The molecule has 0 saturated carbocycles. The maximum absolute atomic E-state index is 12.2. The summed E-state index contributed by atoms with van der Waals surface area (Å²) in [5.74, 6) is 0.620. The second kappa shape index (κ2) is 5.50. The molecule has 0 aromatic carbocycles. The lowest BCUT2D eigenvalue weighted by molar-refractivity contribution is -0.175. The molecule has 1 spiro atoms. The third-order valence-corrected chi connectivity index (χ3v) is 4.52. The van der Waals surface area contributed by atoms with Crippen molar-refractivity contribution < 1.29 is 9.53 Å². The van der Waals surface area contributed by atoms with Gasteiger partial charge in [-0.25, -0.2) is 4.98 Å². The summed E-state index contributed by atoms with van der Waals surface area (Å²) in [6, 6.07) is 5.38. The van der Waals surface area contributed by atoms with Crippen LogP contribution in [0.2, 0.25) is 0 Å². The van der Waals surface area contributed by atoms with Gasteiger partial charge in [-0.15, -0.1) is 0 Å². The van der Waals surface area contributed by atoms with Gasteiger partial charge < -0.3 is 10.1 Å². The summed E-state index contributed by atoms with van der Waals surface area (Å²) < 4.78 is 5.71. The Morgan fingerprint density at radius 3 is 2.70 bits per heavy atom. The first-order valence-electron chi connectivity index (χ1n) is 7.28. The second-order valence-electron chi connectivity index (χ2n) is 5.70. The highest BCUT2D eigenvalue weighted by Crippen LogP contribution is 2.37. The van der Waals surface area contributed by atoms with Gasteiger partial charge in [-0.1, -0.05) is 6.07 Å². The molecule has 2 aliphatic rings. The molecule has 1 atom stereocenters. The number of carbonyl (C=O) groups is 1. The molecular weight excluding hydrogens is 254 g/mol. The first-order valence-corrected chi connectivity index (χ1v) is 7.28. The minimum Gasteiger partial charge on any atom is -0.375 e. The van der Waals surface area contributed by atoms with E-state index in [9.17, 15) is 4.79 Å². The first-order chi connectivity index (χ1) is 9.69. The molecule has 0 aliphatic carbocycles. The van der Waals surface area contributed by atoms with E-state index >= 15 is 0 Å². The Morgan fingerprint density at radius 1 is 1.40 bits per heavy atom. The fourth-order valence-electron chi connectivity index (χ4n) is 2.94. The van der Waals surface area contributed by atoms with Crippen molar-refractivity contribution in [3.8, 4) is 0 Å². The van der Waals surface area contributed by atoms with Crippen LogP contribution in [0.25, 0.3) is 0 Å². The number of carbonyl (C=O) groups excluding carboxylic acids is 1. The van der Waals surface area contributed by atoms with E-state index < -0.39 is 0 Å². The number of likely N-dealkylation sites (tertiary alicyclic amines) is 1. The van der Waals surface area contributed by atoms with E-state index in [1.807, 2.05) is 19.1 Å². The summed E-state index contributed by atoms with van der Waals surface area (Å²) >= 11 is 0. The van der Waals surface area contributed by atoms with Crippen LogP contribution in [0.1, 0.15) is 26.2 Å². The minimum absolute atomic E-state index is 0.00850. The Morgan fingerprint density at radius 2 is 2.15 bits per heavy atom. The zero-order valence-corrected chi connectivity index (χ0v) is 11.8. The van der Waals surface area contributed by atoms with Crippen LogP contribution in [0.4, 0.5) is 5.82 Å². The van der Waals surface area contributed by atoms with E-state index in [-0.39, 0.29) is 17.6 Å². The predicted molar refractivity (Wildman–Crippen MR) is 76.4 cm³/mol. The van der Waals surface area contributed by atoms with Crippen molar-refractivity contribution in [1.82, 2.24) is 9.88 Å². The zero-order valence-electron chi connectivity index (χ0n) is 11.8. The molecule has 2 saturated heterocycles. The van der Waals surface area contributed by atoms with Crippen LogP contribution in [-0.4, -0.2) is 47.1 Å². The molecular formula is C15H21N3O2. The Bertz CT molecular complexity index is 463. The van der Waals surface area contributed by atoms with Crippen LogP contribution < -0.4 is 5.32 Å². The summed E-state index contributed by atoms with van der Waals surface area (Å²) in [5, 5.41) is 2.86. The normalized spacial score (nSPS) is 23.1. The molecule has 108 valence electrons. The van der Waals surface area contributed by atoms with Gasteiger partial charge in [0.2, 0.25) is 5.91 Å². The van der Waals surface area contributed by atoms with E-state index in [0.717, 1.165) is 32.5 Å². The molecule has 3 rings (SSSR count). The Hall–Kier alpha value is -1.46. The molecule has 5 nitrogen and oxygen atoms in total. The lowest BCUT2D eigenvalue weighted by Crippen LogP contribution is -2.55. The molecule has 2 fully saturated rings. The van der Waals surface area contributed by atoms with Gasteiger partial charge in [0.05, 0.1) is 18.2 Å². The molecule has 1 aromatic heterocycles. The van der Waals surface area contributed by atoms with Crippen LogP contribution in [0, 0.1) is 0 Å². The summed E-state index contributed by atoms with van der Waals surface area (Å²) in [5.41, 5.74) is 0.133. The number of amides is 1. The fourth-order valence-corrected chi connectivity index (χ4v) is 2.94. The summed E-state index contributed by atoms with van der Waals surface area (Å²) in [7, 11) is 0. The topological polar surface area (TPSA) is 54.5 Å². The van der Waals surface area contributed by atoms with Crippen molar-refractivity contribution in [3.05, 3.63) is 24.4 Å². The van der Waals surface area contributed by atoms with Gasteiger partial charge in [0.15, 0.2) is 0 Å². The van der Waals surface area contributed by atoms with Crippen molar-refractivity contribution in [2.75, 3.05) is 25.0 Å². The number of nitrogens with zero attached hydrogens (tertiary/aromatic N) is 2. The molecule has 2 aliphatic heterocycles. The third kappa shape index (κ3) is 2.69. The van der Waals surface area contributed by atoms with E-state index in [2.05, 4.69) is 15.2 Å². The summed E-state index contributed by atoms with van der Waals surface area (Å²) in [6.07, 6.45) is 4.93. The SMILES string of the molecule is C[C@@H](C(=O)Nc1ccccn1)N1CCC2(CCO2)CC1. The molecule has 0 unspecified atom stereocenters. The van der Waals surface area contributed by atoms with E-state index in [4.69, 9.17) is 4.74 Å². The smallest absolute Gasteiger partial charge is 0.242 e. The number of pyridine rings is 1. The molecule has 20 heavy (non-hydrogen) atoms. The number of anilines is 1. The van der Waals surface area contributed by atoms with E-state index in [1.54, 1.807) is 12.3 Å². The minimum atomic E-state index is -0.130. The van der Waals surface area contributed by atoms with Crippen molar-refractivity contribution >= 4 is 11.7 Å². The first kappa shape index (κ1) is 13.5. The van der Waals surface area contributed by atoms with Crippen LogP contribution in [-0.2, 0) is 9.53 Å². The van der Waals surface area contributed by atoms with Crippen LogP contribution in [0.15, 0.2) is 24.4 Å². The van der Waals surface area contributed by atoms with Crippen molar-refractivity contribution in [2.45, 2.75) is 37.8 Å². The predicted octanol–water partition coefficient (Wildman–Crippen LogP) is 1.66. The molecule has 0 bridgehead atoms. The number of nitrogens with one attached hydrogen (secondary N) is 1. The van der Waals surface area contributed by atoms with Gasteiger partial charge in [-0.3, -0.25) is 9.69 Å². The molecule has 0 radical (unpaired) electrons. The van der Waals surface area contributed by atoms with Crippen LogP contribution in [0.5, 0.6) is 0 Å². The highest BCUT2D eigenvalue weighted by atomic mass is 16.5. The Labute approximate surface area is 119 Å². The van der Waals surface area contributed by atoms with Crippen LogP contribution >= 0.6 is 0 Å². The van der Waals surface area contributed by atoms with Gasteiger partial charge in [-0.2, -0.15) is 0 Å². The maximum Gasteiger partial charge on any atom is 0.242 e. The molecule has 1 aromatic rings. The molecule has 1 N–H and O–H groups in total. The van der Waals surface area contributed by atoms with Crippen molar-refractivity contribution in [3.63, 3.8) is 0 Å². The monoisotopic (exact) mass is 275 g/mol. The van der Waals surface area contributed by atoms with Gasteiger partial charge in [0, 0.05) is 19.3 Å². The summed E-state index contributed by atoms with van der Waals surface area (Å²) in [4.78, 5) is 18.6. The largest absolute Gasteiger partial charge is 0.375 e. The lowest BCUT2D eigenvalue weighted by Gasteiger charge is -2.48. The highest BCUT2D eigenvalue weighted by Gasteiger charge is 2.42. The van der Waals surface area contributed by atoms with E-state index in [0.29, 0.717) is 5.82 Å². The number of ether oxygens (including phenoxy) is 1. The molecule has 1 amide bonds. The standard InChI is InChI=1S/C15H21N3O2/c1-12(14(19)17-13-4-2-3-8-16-13)18-9-5-15(6-10-18)7-11-20-15/h2-4,8,12H,5-7,9-11H2,1H3,(H,16,17,19)/t12-/m0/s1. The van der Waals surface area contributed by atoms with E-state index in [1.165, 1.54) is 6.42 Å². The summed E-state index contributed by atoms with van der Waals surface area (Å²) in [6.45, 7) is 4.71. The number of piperidine rings is 1. The van der Waals surface area contributed by atoms with Gasteiger partial charge in [-0.05, 0) is 38.3 Å². The quantitative estimate of drug-likeness (QED) is 0.911. The second-order valence-corrected chi connectivity index (χ2v) is 5.70. The average Bonchev–Trinajstić information content (AvgIpc) is 2.46. The van der Waals surface area contributed by atoms with Crippen molar-refractivity contribution in [1.29, 1.82) is 0 Å². The average molecular weight is 275 g/mol. The Kier molecular flexibility index (Phi) is 3.72.